The van der Waals surface area contributed by atoms with Crippen molar-refractivity contribution >= 4 is 23.0 Å². The minimum Gasteiger partial charge on any atom is -0.354 e. The highest BCUT2D eigenvalue weighted by Gasteiger charge is 2.13. The molecule has 2 N–H and O–H groups in total. The van der Waals surface area contributed by atoms with Crippen molar-refractivity contribution in [1.29, 1.82) is 5.26 Å². The lowest BCUT2D eigenvalue weighted by atomic mass is 9.87. The summed E-state index contributed by atoms with van der Waals surface area (Å²) in [6.07, 6.45) is 1.63. The van der Waals surface area contributed by atoms with Crippen molar-refractivity contribution in [1.82, 2.24) is 4.98 Å². The molecule has 0 saturated carbocycles. The van der Waals surface area contributed by atoms with Crippen LogP contribution in [-0.2, 0) is 5.41 Å². The fourth-order valence-corrected chi connectivity index (χ4v) is 2.65. The van der Waals surface area contributed by atoms with Gasteiger partial charge >= 0.3 is 0 Å². The molecule has 1 amide bonds. The molecule has 0 aliphatic carbocycles. The number of aromatic nitrogens is 1. The van der Waals surface area contributed by atoms with Crippen LogP contribution in [0, 0.1) is 11.3 Å². The minimum atomic E-state index is -0.300. The zero-order valence-corrected chi connectivity index (χ0v) is 16.2. The van der Waals surface area contributed by atoms with E-state index >= 15 is 0 Å². The number of rotatable bonds is 4. The van der Waals surface area contributed by atoms with Crippen molar-refractivity contribution in [3.63, 3.8) is 0 Å². The van der Waals surface area contributed by atoms with Crippen molar-refractivity contribution in [3.05, 3.63) is 83.7 Å². The average molecular weight is 370 g/mol. The summed E-state index contributed by atoms with van der Waals surface area (Å²) in [7, 11) is 0. The standard InChI is InChI=1S/C23H22N4O/c1-23(2,3)17-6-10-18(11-7-17)26-20-12-13-21(25-15-20)22(28)27-19-8-4-16(14-24)5-9-19/h4-13,15,26H,1-3H3,(H,27,28). The first-order valence-corrected chi connectivity index (χ1v) is 9.00. The summed E-state index contributed by atoms with van der Waals surface area (Å²) in [6.45, 7) is 6.54. The van der Waals surface area contributed by atoms with Gasteiger partial charge in [-0.25, -0.2) is 4.98 Å². The number of anilines is 3. The molecule has 1 aromatic heterocycles. The summed E-state index contributed by atoms with van der Waals surface area (Å²) in [5, 5.41) is 14.9. The van der Waals surface area contributed by atoms with E-state index in [-0.39, 0.29) is 11.3 Å². The Hall–Kier alpha value is -3.65. The maximum absolute atomic E-state index is 12.3. The molecule has 1 heterocycles. The highest BCUT2D eigenvalue weighted by Crippen LogP contribution is 2.24. The van der Waals surface area contributed by atoms with E-state index in [1.165, 1.54) is 5.56 Å². The Morgan fingerprint density at radius 2 is 1.50 bits per heavy atom. The first kappa shape index (κ1) is 19.1. The Kier molecular flexibility index (Phi) is 5.42. The van der Waals surface area contributed by atoms with E-state index < -0.39 is 0 Å². The normalized spacial score (nSPS) is 10.8. The van der Waals surface area contributed by atoms with Crippen molar-refractivity contribution in [3.8, 4) is 6.07 Å². The van der Waals surface area contributed by atoms with Gasteiger partial charge in [0.2, 0.25) is 0 Å². The number of hydrogen-bond acceptors (Lipinski definition) is 4. The molecular formula is C23H22N4O. The van der Waals surface area contributed by atoms with Crippen LogP contribution in [0.2, 0.25) is 0 Å². The van der Waals surface area contributed by atoms with Crippen LogP contribution in [-0.4, -0.2) is 10.9 Å². The molecule has 5 nitrogen and oxygen atoms in total. The molecule has 140 valence electrons. The molecule has 0 fully saturated rings. The number of nitriles is 1. The van der Waals surface area contributed by atoms with Gasteiger partial charge in [0.15, 0.2) is 0 Å². The Labute approximate surface area is 165 Å². The van der Waals surface area contributed by atoms with Crippen molar-refractivity contribution in [2.24, 2.45) is 0 Å². The van der Waals surface area contributed by atoms with Crippen molar-refractivity contribution in [2.75, 3.05) is 10.6 Å². The summed E-state index contributed by atoms with van der Waals surface area (Å²) in [6, 6.07) is 20.5. The Morgan fingerprint density at radius 3 is 2.04 bits per heavy atom. The van der Waals surface area contributed by atoms with E-state index in [4.69, 9.17) is 5.26 Å². The van der Waals surface area contributed by atoms with Crippen LogP contribution in [0.25, 0.3) is 0 Å². The SMILES string of the molecule is CC(C)(C)c1ccc(Nc2ccc(C(=O)Nc3ccc(C#N)cc3)nc2)cc1. The van der Waals surface area contributed by atoms with Crippen molar-refractivity contribution < 1.29 is 4.79 Å². The van der Waals surface area contributed by atoms with Gasteiger partial charge in [0, 0.05) is 11.4 Å². The van der Waals surface area contributed by atoms with Crippen LogP contribution in [0.3, 0.4) is 0 Å². The van der Waals surface area contributed by atoms with Crippen LogP contribution in [0.1, 0.15) is 42.4 Å². The maximum atomic E-state index is 12.3. The van der Waals surface area contributed by atoms with Crippen LogP contribution < -0.4 is 10.6 Å². The number of amides is 1. The van der Waals surface area contributed by atoms with Gasteiger partial charge in [0.05, 0.1) is 23.5 Å². The number of carbonyl (C=O) groups is 1. The second kappa shape index (κ2) is 7.93. The fraction of sp³-hybridized carbons (Fsp3) is 0.174. The monoisotopic (exact) mass is 370 g/mol. The van der Waals surface area contributed by atoms with Gasteiger partial charge in [0.25, 0.3) is 5.91 Å². The molecule has 5 heteroatoms. The second-order valence-corrected chi connectivity index (χ2v) is 7.53. The minimum absolute atomic E-state index is 0.115. The number of nitrogens with one attached hydrogen (secondary N) is 2. The largest absolute Gasteiger partial charge is 0.354 e. The molecule has 0 atom stereocenters. The third-order valence-electron chi connectivity index (χ3n) is 4.31. The Bertz CT molecular complexity index is 993. The number of hydrogen-bond donors (Lipinski definition) is 2. The maximum Gasteiger partial charge on any atom is 0.274 e. The third-order valence-corrected chi connectivity index (χ3v) is 4.31. The zero-order valence-electron chi connectivity index (χ0n) is 16.2. The fourth-order valence-electron chi connectivity index (χ4n) is 2.65. The number of pyridine rings is 1. The van der Waals surface area contributed by atoms with Crippen LogP contribution in [0.4, 0.5) is 17.1 Å². The van der Waals surface area contributed by atoms with Gasteiger partial charge in [-0.05, 0) is 59.5 Å². The quantitative estimate of drug-likeness (QED) is 0.658. The summed E-state index contributed by atoms with van der Waals surface area (Å²) in [5.74, 6) is -0.300. The highest BCUT2D eigenvalue weighted by atomic mass is 16.1. The first-order valence-electron chi connectivity index (χ1n) is 9.00. The lowest BCUT2D eigenvalue weighted by Crippen LogP contribution is -2.13. The molecule has 0 radical (unpaired) electrons. The molecule has 3 aromatic rings. The Balaban J connectivity index is 1.64. The molecule has 0 spiro atoms. The summed E-state index contributed by atoms with van der Waals surface area (Å²) in [5.41, 5.74) is 4.63. The summed E-state index contributed by atoms with van der Waals surface area (Å²) in [4.78, 5) is 16.5. The number of carbonyl (C=O) groups excluding carboxylic acids is 1. The van der Waals surface area contributed by atoms with E-state index in [2.05, 4.69) is 48.5 Å². The molecule has 0 aliphatic heterocycles. The van der Waals surface area contributed by atoms with Gasteiger partial charge < -0.3 is 10.6 Å². The van der Waals surface area contributed by atoms with Gasteiger partial charge in [-0.2, -0.15) is 5.26 Å². The van der Waals surface area contributed by atoms with E-state index in [0.29, 0.717) is 16.9 Å². The van der Waals surface area contributed by atoms with Crippen molar-refractivity contribution in [2.45, 2.75) is 26.2 Å². The molecule has 0 bridgehead atoms. The second-order valence-electron chi connectivity index (χ2n) is 7.53. The molecule has 0 aliphatic rings. The molecule has 0 unspecified atom stereocenters. The van der Waals surface area contributed by atoms with E-state index in [9.17, 15) is 4.79 Å². The predicted octanol–water partition coefficient (Wildman–Crippen LogP) is 5.25. The first-order chi connectivity index (χ1) is 13.3. The lowest BCUT2D eigenvalue weighted by Gasteiger charge is -2.19. The topological polar surface area (TPSA) is 77.8 Å². The summed E-state index contributed by atoms with van der Waals surface area (Å²) < 4.78 is 0. The molecule has 28 heavy (non-hydrogen) atoms. The van der Waals surface area contributed by atoms with Gasteiger partial charge in [0.1, 0.15) is 5.69 Å². The summed E-state index contributed by atoms with van der Waals surface area (Å²) >= 11 is 0. The van der Waals surface area contributed by atoms with Gasteiger partial charge in [-0.3, -0.25) is 4.79 Å². The Morgan fingerprint density at radius 1 is 0.893 bits per heavy atom. The molecule has 0 saturated heterocycles. The predicted molar refractivity (Wildman–Crippen MR) is 112 cm³/mol. The third kappa shape index (κ3) is 4.74. The highest BCUT2D eigenvalue weighted by molar-refractivity contribution is 6.03. The van der Waals surface area contributed by atoms with E-state index in [0.717, 1.165) is 11.4 Å². The molecule has 2 aromatic carbocycles. The van der Waals surface area contributed by atoms with Gasteiger partial charge in [-0.15, -0.1) is 0 Å². The number of benzene rings is 2. The number of nitrogens with zero attached hydrogens (tertiary/aromatic N) is 2. The van der Waals surface area contributed by atoms with Crippen LogP contribution >= 0.6 is 0 Å². The zero-order chi connectivity index (χ0) is 20.1. The van der Waals surface area contributed by atoms with Crippen LogP contribution in [0.15, 0.2) is 66.9 Å². The average Bonchev–Trinajstić information content (AvgIpc) is 2.69. The molecular weight excluding hydrogens is 348 g/mol. The van der Waals surface area contributed by atoms with E-state index in [1.54, 1.807) is 36.5 Å². The van der Waals surface area contributed by atoms with Gasteiger partial charge in [-0.1, -0.05) is 32.9 Å². The smallest absolute Gasteiger partial charge is 0.274 e. The molecule has 3 rings (SSSR count). The lowest BCUT2D eigenvalue weighted by molar-refractivity contribution is 0.102. The van der Waals surface area contributed by atoms with Crippen LogP contribution in [0.5, 0.6) is 0 Å². The van der Waals surface area contributed by atoms with E-state index in [1.807, 2.05) is 24.3 Å².